The number of fused-ring (bicyclic) bond motifs is 1. The van der Waals surface area contributed by atoms with Gasteiger partial charge in [0.05, 0.1) is 17.4 Å². The van der Waals surface area contributed by atoms with Gasteiger partial charge in [-0.2, -0.15) is 5.10 Å². The van der Waals surface area contributed by atoms with Crippen LogP contribution in [0.2, 0.25) is 0 Å². The number of amides is 1. The molecule has 0 radical (unpaired) electrons. The van der Waals surface area contributed by atoms with Gasteiger partial charge in [-0.3, -0.25) is 9.89 Å². The first-order valence-electron chi connectivity index (χ1n) is 7.02. The van der Waals surface area contributed by atoms with Crippen LogP contribution in [0.3, 0.4) is 0 Å². The van der Waals surface area contributed by atoms with Gasteiger partial charge in [0.25, 0.3) is 0 Å². The van der Waals surface area contributed by atoms with E-state index in [0.717, 1.165) is 23.0 Å². The predicted octanol–water partition coefficient (Wildman–Crippen LogP) is 2.51. The fourth-order valence-electron chi connectivity index (χ4n) is 2.47. The molecule has 5 nitrogen and oxygen atoms in total. The van der Waals surface area contributed by atoms with Crippen LogP contribution in [0.15, 0.2) is 24.4 Å². The molecule has 0 fully saturated rings. The van der Waals surface area contributed by atoms with Crippen molar-refractivity contribution >= 4 is 22.5 Å². The molecule has 4 N–H and O–H groups in total. The normalized spacial score (nSPS) is 12.8. The summed E-state index contributed by atoms with van der Waals surface area (Å²) in [6, 6.07) is 5.71. The lowest BCUT2D eigenvalue weighted by molar-refractivity contribution is -0.117. The minimum Gasteiger partial charge on any atom is -0.330 e. The maximum atomic E-state index is 12.1. The molecule has 108 valence electrons. The van der Waals surface area contributed by atoms with Gasteiger partial charge >= 0.3 is 0 Å². The highest BCUT2D eigenvalue weighted by atomic mass is 16.1. The van der Waals surface area contributed by atoms with Gasteiger partial charge in [0.1, 0.15) is 0 Å². The van der Waals surface area contributed by atoms with Crippen molar-refractivity contribution in [3.63, 3.8) is 0 Å². The summed E-state index contributed by atoms with van der Waals surface area (Å²) in [5.74, 6) is 0.794. The van der Waals surface area contributed by atoms with Gasteiger partial charge in [0.15, 0.2) is 0 Å². The van der Waals surface area contributed by atoms with Gasteiger partial charge in [-0.05, 0) is 36.9 Å². The highest BCUT2D eigenvalue weighted by Gasteiger charge is 2.15. The third-order valence-corrected chi connectivity index (χ3v) is 3.37. The summed E-state index contributed by atoms with van der Waals surface area (Å²) in [6.45, 7) is 4.83. The Balaban J connectivity index is 2.02. The second-order valence-corrected chi connectivity index (χ2v) is 5.62. The molecule has 20 heavy (non-hydrogen) atoms. The molecule has 1 atom stereocenters. The number of hydrogen-bond donors (Lipinski definition) is 3. The maximum absolute atomic E-state index is 12.1. The summed E-state index contributed by atoms with van der Waals surface area (Å²) in [7, 11) is 0. The molecular weight excluding hydrogens is 252 g/mol. The molecule has 2 rings (SSSR count). The molecule has 5 heteroatoms. The number of nitrogens with one attached hydrogen (secondary N) is 2. The Kier molecular flexibility index (Phi) is 4.74. The number of aromatic amines is 1. The third-order valence-electron chi connectivity index (χ3n) is 3.37. The van der Waals surface area contributed by atoms with E-state index in [1.165, 1.54) is 0 Å². The molecule has 0 spiro atoms. The molecule has 1 unspecified atom stereocenters. The van der Waals surface area contributed by atoms with Crippen LogP contribution in [-0.2, 0) is 4.79 Å². The first-order chi connectivity index (χ1) is 9.60. The molecular formula is C15H22N4O. The molecule has 1 amide bonds. The van der Waals surface area contributed by atoms with Gasteiger partial charge in [-0.1, -0.05) is 19.9 Å². The zero-order chi connectivity index (χ0) is 14.5. The first-order valence-corrected chi connectivity index (χ1v) is 7.02. The van der Waals surface area contributed by atoms with Crippen LogP contribution in [-0.4, -0.2) is 22.6 Å². The Bertz CT molecular complexity index is 576. The zero-order valence-electron chi connectivity index (χ0n) is 12.0. The molecule has 2 aromatic rings. The second kappa shape index (κ2) is 6.52. The SMILES string of the molecule is CC(C)CC(CN)CC(=O)Nc1cccc2[nH]ncc12. The highest BCUT2D eigenvalue weighted by Crippen LogP contribution is 2.22. The molecule has 0 saturated carbocycles. The fourth-order valence-corrected chi connectivity index (χ4v) is 2.47. The number of rotatable bonds is 6. The van der Waals surface area contributed by atoms with Crippen molar-refractivity contribution in [2.24, 2.45) is 17.6 Å². The standard InChI is InChI=1S/C15H22N4O/c1-10(2)6-11(8-16)7-15(20)18-13-4-3-5-14-12(13)9-17-19-14/h3-5,9-11H,6-8,16H2,1-2H3,(H,17,19)(H,18,20). The summed E-state index contributed by atoms with van der Waals surface area (Å²) >= 11 is 0. The number of nitrogens with two attached hydrogens (primary N) is 1. The number of carbonyl (C=O) groups is 1. The fraction of sp³-hybridized carbons (Fsp3) is 0.467. The number of H-pyrrole nitrogens is 1. The Hall–Kier alpha value is -1.88. The minimum absolute atomic E-state index is 0.00907. The van der Waals surface area contributed by atoms with Crippen molar-refractivity contribution in [3.8, 4) is 0 Å². The first kappa shape index (κ1) is 14.5. The average molecular weight is 274 g/mol. The monoisotopic (exact) mass is 274 g/mol. The van der Waals surface area contributed by atoms with Crippen molar-refractivity contribution in [2.45, 2.75) is 26.7 Å². The molecule has 1 aromatic heterocycles. The molecule has 0 aliphatic rings. The lowest BCUT2D eigenvalue weighted by Gasteiger charge is -2.16. The maximum Gasteiger partial charge on any atom is 0.224 e. The Morgan fingerprint density at radius 3 is 2.95 bits per heavy atom. The van der Waals surface area contributed by atoms with E-state index < -0.39 is 0 Å². The number of benzene rings is 1. The third kappa shape index (κ3) is 3.57. The van der Waals surface area contributed by atoms with Crippen molar-refractivity contribution < 1.29 is 4.79 Å². The Morgan fingerprint density at radius 1 is 1.45 bits per heavy atom. The van der Waals surface area contributed by atoms with Crippen LogP contribution < -0.4 is 11.1 Å². The summed E-state index contributed by atoms with van der Waals surface area (Å²) < 4.78 is 0. The van der Waals surface area contributed by atoms with E-state index in [1.807, 2.05) is 18.2 Å². The van der Waals surface area contributed by atoms with Crippen LogP contribution in [0, 0.1) is 11.8 Å². The van der Waals surface area contributed by atoms with E-state index in [2.05, 4.69) is 29.4 Å². The predicted molar refractivity (Wildman–Crippen MR) is 81.3 cm³/mol. The topological polar surface area (TPSA) is 83.8 Å². The summed E-state index contributed by atoms with van der Waals surface area (Å²) in [6.07, 6.45) is 3.15. The van der Waals surface area contributed by atoms with Crippen molar-refractivity contribution in [1.82, 2.24) is 10.2 Å². The van der Waals surface area contributed by atoms with Gasteiger partial charge in [0, 0.05) is 11.8 Å². The molecule has 0 aliphatic heterocycles. The van der Waals surface area contributed by atoms with E-state index in [1.54, 1.807) is 6.20 Å². The van der Waals surface area contributed by atoms with Gasteiger partial charge in [-0.25, -0.2) is 0 Å². The lowest BCUT2D eigenvalue weighted by Crippen LogP contribution is -2.23. The highest BCUT2D eigenvalue weighted by molar-refractivity contribution is 6.00. The molecule has 0 saturated heterocycles. The molecule has 1 aromatic carbocycles. The Labute approximate surface area is 118 Å². The van der Waals surface area contributed by atoms with Crippen LogP contribution in [0.5, 0.6) is 0 Å². The van der Waals surface area contributed by atoms with Crippen LogP contribution in [0.25, 0.3) is 10.9 Å². The number of hydrogen-bond acceptors (Lipinski definition) is 3. The van der Waals surface area contributed by atoms with E-state index in [-0.39, 0.29) is 11.8 Å². The van der Waals surface area contributed by atoms with Gasteiger partial charge in [0.2, 0.25) is 5.91 Å². The zero-order valence-corrected chi connectivity index (χ0v) is 12.0. The van der Waals surface area contributed by atoms with E-state index in [9.17, 15) is 4.79 Å². The van der Waals surface area contributed by atoms with E-state index in [4.69, 9.17) is 5.73 Å². The summed E-state index contributed by atoms with van der Waals surface area (Å²) in [5, 5.41) is 10.8. The summed E-state index contributed by atoms with van der Waals surface area (Å²) in [5.41, 5.74) is 7.45. The minimum atomic E-state index is 0.00907. The number of carbonyl (C=O) groups excluding carboxylic acids is 1. The van der Waals surface area contributed by atoms with Crippen LogP contribution in [0.4, 0.5) is 5.69 Å². The van der Waals surface area contributed by atoms with Crippen molar-refractivity contribution in [2.75, 3.05) is 11.9 Å². The molecule has 0 aliphatic carbocycles. The quantitative estimate of drug-likeness (QED) is 0.756. The number of anilines is 1. The van der Waals surface area contributed by atoms with Crippen molar-refractivity contribution in [1.29, 1.82) is 0 Å². The number of nitrogens with zero attached hydrogens (tertiary/aromatic N) is 1. The second-order valence-electron chi connectivity index (χ2n) is 5.62. The average Bonchev–Trinajstić information content (AvgIpc) is 2.86. The van der Waals surface area contributed by atoms with E-state index >= 15 is 0 Å². The lowest BCUT2D eigenvalue weighted by atomic mass is 9.94. The van der Waals surface area contributed by atoms with Gasteiger partial charge < -0.3 is 11.1 Å². The Morgan fingerprint density at radius 2 is 2.25 bits per heavy atom. The molecule has 0 bridgehead atoms. The van der Waals surface area contributed by atoms with Crippen LogP contribution in [0.1, 0.15) is 26.7 Å². The largest absolute Gasteiger partial charge is 0.330 e. The van der Waals surface area contributed by atoms with E-state index in [0.29, 0.717) is 18.9 Å². The van der Waals surface area contributed by atoms with Gasteiger partial charge in [-0.15, -0.1) is 0 Å². The number of aromatic nitrogens is 2. The molecule has 1 heterocycles. The summed E-state index contributed by atoms with van der Waals surface area (Å²) in [4.78, 5) is 12.1. The van der Waals surface area contributed by atoms with Crippen LogP contribution >= 0.6 is 0 Å². The van der Waals surface area contributed by atoms with Crippen molar-refractivity contribution in [3.05, 3.63) is 24.4 Å². The smallest absolute Gasteiger partial charge is 0.224 e.